The molecule has 1 aliphatic carbocycles. The fourth-order valence-corrected chi connectivity index (χ4v) is 2.87. The largest absolute Gasteiger partial charge is 0.392 e. The van der Waals surface area contributed by atoms with Crippen molar-refractivity contribution in [3.8, 4) is 0 Å². The van der Waals surface area contributed by atoms with Crippen LogP contribution in [0.25, 0.3) is 0 Å². The average molecular weight is 230 g/mol. The van der Waals surface area contributed by atoms with Gasteiger partial charge in [-0.25, -0.2) is 0 Å². The molecule has 1 unspecified atom stereocenters. The first kappa shape index (κ1) is 12.4. The fraction of sp³-hybridized carbons (Fsp3) is 0.500. The molecular formula is C16H22O. The van der Waals surface area contributed by atoms with Crippen LogP contribution >= 0.6 is 0 Å². The quantitative estimate of drug-likeness (QED) is 0.581. The first-order chi connectivity index (χ1) is 8.29. The summed E-state index contributed by atoms with van der Waals surface area (Å²) in [6.07, 6.45) is 8.18. The van der Waals surface area contributed by atoms with Crippen molar-refractivity contribution in [1.82, 2.24) is 0 Å². The Balaban J connectivity index is 2.06. The predicted octanol–water partition coefficient (Wildman–Crippen LogP) is 3.83. The van der Waals surface area contributed by atoms with Gasteiger partial charge < -0.3 is 5.11 Å². The summed E-state index contributed by atoms with van der Waals surface area (Å²) in [6.45, 7) is 3.73. The summed E-state index contributed by atoms with van der Waals surface area (Å²) in [6, 6.07) is 10.5. The highest BCUT2D eigenvalue weighted by Crippen LogP contribution is 2.47. The van der Waals surface area contributed by atoms with Gasteiger partial charge in [-0.15, -0.1) is 6.58 Å². The molecule has 0 amide bonds. The maximum Gasteiger partial charge on any atom is 0.0636 e. The fourth-order valence-electron chi connectivity index (χ4n) is 2.87. The number of rotatable bonds is 6. The van der Waals surface area contributed by atoms with Crippen molar-refractivity contribution in [3.05, 3.63) is 48.6 Å². The SMILES string of the molecule is C=CCCCC(O)C1(c2ccccc2)CCC1. The number of hydrogen-bond donors (Lipinski definition) is 1. The van der Waals surface area contributed by atoms with Crippen molar-refractivity contribution in [2.75, 3.05) is 0 Å². The second-order valence-electron chi connectivity index (χ2n) is 5.11. The van der Waals surface area contributed by atoms with Gasteiger partial charge in [-0.1, -0.05) is 42.8 Å². The number of allylic oxidation sites excluding steroid dienone is 1. The molecule has 0 aliphatic heterocycles. The summed E-state index contributed by atoms with van der Waals surface area (Å²) < 4.78 is 0. The van der Waals surface area contributed by atoms with Crippen LogP contribution < -0.4 is 0 Å². The van der Waals surface area contributed by atoms with Gasteiger partial charge in [0, 0.05) is 5.41 Å². The summed E-state index contributed by atoms with van der Waals surface area (Å²) in [5.41, 5.74) is 1.36. The van der Waals surface area contributed by atoms with Gasteiger partial charge in [0.2, 0.25) is 0 Å². The molecule has 1 aromatic carbocycles. The van der Waals surface area contributed by atoms with E-state index >= 15 is 0 Å². The molecular weight excluding hydrogens is 208 g/mol. The molecule has 1 heteroatoms. The molecule has 0 radical (unpaired) electrons. The van der Waals surface area contributed by atoms with Gasteiger partial charge in [-0.2, -0.15) is 0 Å². The Morgan fingerprint density at radius 2 is 2.00 bits per heavy atom. The molecule has 1 aromatic rings. The second kappa shape index (κ2) is 5.50. The number of benzene rings is 1. The minimum Gasteiger partial charge on any atom is -0.392 e. The highest BCUT2D eigenvalue weighted by atomic mass is 16.3. The second-order valence-corrected chi connectivity index (χ2v) is 5.11. The highest BCUT2D eigenvalue weighted by Gasteiger charge is 2.44. The van der Waals surface area contributed by atoms with E-state index in [1.165, 1.54) is 12.0 Å². The lowest BCUT2D eigenvalue weighted by Gasteiger charge is -2.46. The Bertz CT molecular complexity index is 351. The normalized spacial score (nSPS) is 19.4. The lowest BCUT2D eigenvalue weighted by atomic mass is 9.60. The van der Waals surface area contributed by atoms with Crippen LogP contribution in [0.1, 0.15) is 44.1 Å². The Morgan fingerprint density at radius 1 is 1.29 bits per heavy atom. The lowest BCUT2D eigenvalue weighted by Crippen LogP contribution is -2.45. The standard InChI is InChI=1S/C16H22O/c1-2-3-5-11-15(17)16(12-8-13-16)14-9-6-4-7-10-14/h2,4,6-7,9-10,15,17H,1,3,5,8,11-13H2. The first-order valence-electron chi connectivity index (χ1n) is 6.64. The van der Waals surface area contributed by atoms with Crippen molar-refractivity contribution in [2.24, 2.45) is 0 Å². The third-order valence-corrected chi connectivity index (χ3v) is 4.12. The Labute approximate surface area is 104 Å². The summed E-state index contributed by atoms with van der Waals surface area (Å²) in [4.78, 5) is 0. The maximum atomic E-state index is 10.5. The van der Waals surface area contributed by atoms with Crippen LogP contribution in [0.15, 0.2) is 43.0 Å². The van der Waals surface area contributed by atoms with Gasteiger partial charge >= 0.3 is 0 Å². The number of unbranched alkanes of at least 4 members (excludes halogenated alkanes) is 1. The molecule has 92 valence electrons. The summed E-state index contributed by atoms with van der Waals surface area (Å²) in [7, 11) is 0. The van der Waals surface area contributed by atoms with Gasteiger partial charge in [-0.3, -0.25) is 0 Å². The van der Waals surface area contributed by atoms with E-state index in [2.05, 4.69) is 30.8 Å². The van der Waals surface area contributed by atoms with Crippen molar-refractivity contribution in [3.63, 3.8) is 0 Å². The molecule has 0 spiro atoms. The summed E-state index contributed by atoms with van der Waals surface area (Å²) in [5, 5.41) is 10.5. The number of hydrogen-bond acceptors (Lipinski definition) is 1. The van der Waals surface area contributed by atoms with Crippen LogP contribution in [0.3, 0.4) is 0 Å². The molecule has 1 atom stereocenters. The van der Waals surface area contributed by atoms with Crippen LogP contribution in [0, 0.1) is 0 Å². The minimum absolute atomic E-state index is 0.0441. The van der Waals surface area contributed by atoms with Crippen LogP contribution in [0.5, 0.6) is 0 Å². The van der Waals surface area contributed by atoms with E-state index in [-0.39, 0.29) is 11.5 Å². The first-order valence-corrected chi connectivity index (χ1v) is 6.64. The average Bonchev–Trinajstić information content (AvgIpc) is 2.29. The molecule has 0 heterocycles. The zero-order valence-corrected chi connectivity index (χ0v) is 10.4. The van der Waals surface area contributed by atoms with E-state index in [1.54, 1.807) is 0 Å². The zero-order valence-electron chi connectivity index (χ0n) is 10.4. The van der Waals surface area contributed by atoms with Gasteiger partial charge in [0.15, 0.2) is 0 Å². The molecule has 1 saturated carbocycles. The maximum absolute atomic E-state index is 10.5. The highest BCUT2D eigenvalue weighted by molar-refractivity contribution is 5.29. The van der Waals surface area contributed by atoms with E-state index in [1.807, 2.05) is 12.1 Å². The van der Waals surface area contributed by atoms with Gasteiger partial charge in [0.1, 0.15) is 0 Å². The molecule has 0 bridgehead atoms. The smallest absolute Gasteiger partial charge is 0.0636 e. The summed E-state index contributed by atoms with van der Waals surface area (Å²) >= 11 is 0. The molecule has 0 saturated heterocycles. The molecule has 1 nitrogen and oxygen atoms in total. The topological polar surface area (TPSA) is 20.2 Å². The lowest BCUT2D eigenvalue weighted by molar-refractivity contribution is 0.0211. The Kier molecular flexibility index (Phi) is 4.01. The van der Waals surface area contributed by atoms with Gasteiger partial charge in [0.25, 0.3) is 0 Å². The van der Waals surface area contributed by atoms with Crippen molar-refractivity contribution < 1.29 is 5.11 Å². The van der Waals surface area contributed by atoms with Crippen LogP contribution in [0.4, 0.5) is 0 Å². The van der Waals surface area contributed by atoms with Gasteiger partial charge in [0.05, 0.1) is 6.10 Å². The van der Waals surface area contributed by atoms with E-state index in [9.17, 15) is 5.11 Å². The Hall–Kier alpha value is -1.08. The number of aliphatic hydroxyl groups excluding tert-OH is 1. The molecule has 2 rings (SSSR count). The van der Waals surface area contributed by atoms with E-state index in [0.717, 1.165) is 32.1 Å². The molecule has 17 heavy (non-hydrogen) atoms. The minimum atomic E-state index is -0.196. The third kappa shape index (κ3) is 2.44. The van der Waals surface area contributed by atoms with Crippen LogP contribution in [0.2, 0.25) is 0 Å². The van der Waals surface area contributed by atoms with Crippen molar-refractivity contribution >= 4 is 0 Å². The third-order valence-electron chi connectivity index (χ3n) is 4.12. The van der Waals surface area contributed by atoms with Crippen molar-refractivity contribution in [2.45, 2.75) is 50.0 Å². The summed E-state index contributed by atoms with van der Waals surface area (Å²) in [5.74, 6) is 0. The monoisotopic (exact) mass is 230 g/mol. The van der Waals surface area contributed by atoms with Crippen LogP contribution in [-0.4, -0.2) is 11.2 Å². The number of aliphatic hydroxyl groups is 1. The molecule has 1 fully saturated rings. The Morgan fingerprint density at radius 3 is 2.53 bits per heavy atom. The zero-order chi connectivity index (χ0) is 12.1. The van der Waals surface area contributed by atoms with E-state index in [0.29, 0.717) is 0 Å². The van der Waals surface area contributed by atoms with Crippen molar-refractivity contribution in [1.29, 1.82) is 0 Å². The predicted molar refractivity (Wildman–Crippen MR) is 72.0 cm³/mol. The molecule has 0 aromatic heterocycles. The molecule has 1 aliphatic rings. The van der Waals surface area contributed by atoms with E-state index < -0.39 is 0 Å². The molecule has 1 N–H and O–H groups in total. The van der Waals surface area contributed by atoms with Crippen LogP contribution in [-0.2, 0) is 5.41 Å². The van der Waals surface area contributed by atoms with Gasteiger partial charge in [-0.05, 0) is 37.7 Å². The van der Waals surface area contributed by atoms with E-state index in [4.69, 9.17) is 0 Å².